The lowest BCUT2D eigenvalue weighted by Crippen LogP contribution is -2.48. The molecule has 154 valence electrons. The van der Waals surface area contributed by atoms with Crippen molar-refractivity contribution in [3.63, 3.8) is 0 Å². The number of hydrogen-bond donors (Lipinski definition) is 1. The van der Waals surface area contributed by atoms with Crippen LogP contribution in [0, 0.1) is 0 Å². The van der Waals surface area contributed by atoms with E-state index >= 15 is 0 Å². The van der Waals surface area contributed by atoms with Crippen molar-refractivity contribution >= 4 is 15.7 Å². The van der Waals surface area contributed by atoms with Gasteiger partial charge >= 0.3 is 0 Å². The number of fused-ring (bicyclic) bond motifs is 1. The highest BCUT2D eigenvalue weighted by Crippen LogP contribution is 2.43. The van der Waals surface area contributed by atoms with Crippen LogP contribution in [0.5, 0.6) is 5.75 Å². The Labute approximate surface area is 171 Å². The molecule has 2 heterocycles. The Bertz CT molecular complexity index is 994. The average Bonchev–Trinajstić information content (AvgIpc) is 2.68. The minimum Gasteiger partial charge on any atom is -0.487 e. The molecule has 7 heteroatoms. The summed E-state index contributed by atoms with van der Waals surface area (Å²) in [5.74, 6) is 0.726. The standard InChI is InChI=1S/C22H25NO5S/c1-29(25,26)17-8-6-16(7-9-17)14-21(24)23-19-15-22(10-12-27-13-11-22)28-20-5-3-2-4-18(19)20/h2-9,19H,10-15H2,1H3,(H,23,24)/t19-/m1/s1. The topological polar surface area (TPSA) is 81.7 Å². The molecule has 29 heavy (non-hydrogen) atoms. The second-order valence-electron chi connectivity index (χ2n) is 7.85. The van der Waals surface area contributed by atoms with Crippen LogP contribution in [-0.2, 0) is 25.8 Å². The molecule has 1 atom stereocenters. The van der Waals surface area contributed by atoms with Gasteiger partial charge in [0.15, 0.2) is 9.84 Å². The van der Waals surface area contributed by atoms with Gasteiger partial charge < -0.3 is 14.8 Å². The fourth-order valence-corrected chi connectivity index (χ4v) is 4.71. The fraction of sp³-hybridized carbons (Fsp3) is 0.409. The van der Waals surface area contributed by atoms with E-state index in [0.29, 0.717) is 19.6 Å². The molecule has 0 bridgehead atoms. The van der Waals surface area contributed by atoms with E-state index in [1.807, 2.05) is 24.3 Å². The van der Waals surface area contributed by atoms with Crippen LogP contribution in [-0.4, -0.2) is 39.4 Å². The Morgan fingerprint density at radius 1 is 1.10 bits per heavy atom. The molecule has 6 nitrogen and oxygen atoms in total. The summed E-state index contributed by atoms with van der Waals surface area (Å²) < 4.78 is 35.0. The van der Waals surface area contributed by atoms with Crippen molar-refractivity contribution in [3.8, 4) is 5.75 Å². The summed E-state index contributed by atoms with van der Waals surface area (Å²) in [6.07, 6.45) is 3.69. The molecule has 1 fully saturated rings. The van der Waals surface area contributed by atoms with Gasteiger partial charge in [0.2, 0.25) is 5.91 Å². The summed E-state index contributed by atoms with van der Waals surface area (Å²) in [6, 6.07) is 14.2. The molecule has 2 aromatic carbocycles. The van der Waals surface area contributed by atoms with Crippen molar-refractivity contribution < 1.29 is 22.7 Å². The normalized spacial score (nSPS) is 20.5. The summed E-state index contributed by atoms with van der Waals surface area (Å²) in [5, 5.41) is 3.16. The van der Waals surface area contributed by atoms with Crippen LogP contribution in [0.4, 0.5) is 0 Å². The van der Waals surface area contributed by atoms with E-state index in [1.54, 1.807) is 24.3 Å². The third-order valence-electron chi connectivity index (χ3n) is 5.65. The first kappa shape index (κ1) is 19.9. The van der Waals surface area contributed by atoms with Crippen molar-refractivity contribution in [1.29, 1.82) is 0 Å². The third kappa shape index (κ3) is 4.46. The van der Waals surface area contributed by atoms with Gasteiger partial charge in [0.25, 0.3) is 0 Å². The molecule has 1 N–H and O–H groups in total. The Morgan fingerprint density at radius 3 is 2.48 bits per heavy atom. The lowest BCUT2D eigenvalue weighted by molar-refractivity contribution is -0.122. The van der Waals surface area contributed by atoms with Crippen molar-refractivity contribution in [3.05, 3.63) is 59.7 Å². The summed E-state index contributed by atoms with van der Waals surface area (Å²) in [4.78, 5) is 13.0. The van der Waals surface area contributed by atoms with E-state index in [0.717, 1.165) is 29.7 Å². The maximum atomic E-state index is 12.7. The molecule has 2 aliphatic rings. The fourth-order valence-electron chi connectivity index (χ4n) is 4.08. The predicted molar refractivity (Wildman–Crippen MR) is 109 cm³/mol. The minimum atomic E-state index is -3.24. The van der Waals surface area contributed by atoms with Crippen LogP contribution in [0.25, 0.3) is 0 Å². The van der Waals surface area contributed by atoms with Gasteiger partial charge in [0, 0.05) is 31.1 Å². The van der Waals surface area contributed by atoms with E-state index in [-0.39, 0.29) is 28.9 Å². The molecule has 0 unspecified atom stereocenters. The first-order chi connectivity index (χ1) is 13.8. The smallest absolute Gasteiger partial charge is 0.224 e. The molecular formula is C22H25NO5S. The zero-order valence-electron chi connectivity index (χ0n) is 16.4. The number of rotatable bonds is 4. The van der Waals surface area contributed by atoms with Crippen molar-refractivity contribution in [2.75, 3.05) is 19.5 Å². The number of amides is 1. The maximum Gasteiger partial charge on any atom is 0.224 e. The number of ether oxygens (including phenoxy) is 2. The van der Waals surface area contributed by atoms with E-state index in [1.165, 1.54) is 6.26 Å². The van der Waals surface area contributed by atoms with Crippen molar-refractivity contribution in [2.24, 2.45) is 0 Å². The predicted octanol–water partition coefficient (Wildman–Crippen LogP) is 2.82. The molecule has 0 aliphatic carbocycles. The number of benzene rings is 2. The van der Waals surface area contributed by atoms with Gasteiger partial charge in [-0.3, -0.25) is 4.79 Å². The first-order valence-corrected chi connectivity index (χ1v) is 11.7. The lowest BCUT2D eigenvalue weighted by atomic mass is 9.82. The molecule has 1 spiro atoms. The molecular weight excluding hydrogens is 390 g/mol. The van der Waals surface area contributed by atoms with E-state index in [2.05, 4.69) is 5.32 Å². The molecule has 2 aliphatic heterocycles. The second-order valence-corrected chi connectivity index (χ2v) is 9.87. The largest absolute Gasteiger partial charge is 0.487 e. The number of nitrogens with one attached hydrogen (secondary N) is 1. The van der Waals surface area contributed by atoms with Gasteiger partial charge in [-0.05, 0) is 23.8 Å². The SMILES string of the molecule is CS(=O)(=O)c1ccc(CC(=O)N[C@@H]2CC3(CCOCC3)Oc3ccccc32)cc1. The van der Waals surface area contributed by atoms with Crippen LogP contribution in [0.1, 0.15) is 36.4 Å². The van der Waals surface area contributed by atoms with Crippen LogP contribution < -0.4 is 10.1 Å². The average molecular weight is 416 g/mol. The first-order valence-electron chi connectivity index (χ1n) is 9.79. The Balaban J connectivity index is 1.49. The second kappa shape index (κ2) is 7.80. The van der Waals surface area contributed by atoms with Gasteiger partial charge in [-0.15, -0.1) is 0 Å². The van der Waals surface area contributed by atoms with Crippen molar-refractivity contribution in [1.82, 2.24) is 5.32 Å². The van der Waals surface area contributed by atoms with Gasteiger partial charge in [-0.1, -0.05) is 30.3 Å². The van der Waals surface area contributed by atoms with Crippen LogP contribution in [0.2, 0.25) is 0 Å². The molecule has 4 rings (SSSR count). The zero-order valence-corrected chi connectivity index (χ0v) is 17.2. The molecule has 1 amide bonds. The summed E-state index contributed by atoms with van der Waals surface area (Å²) in [6.45, 7) is 1.32. The Kier molecular flexibility index (Phi) is 5.36. The van der Waals surface area contributed by atoms with Gasteiger partial charge in [-0.25, -0.2) is 8.42 Å². The monoisotopic (exact) mass is 415 g/mol. The summed E-state index contributed by atoms with van der Waals surface area (Å²) in [7, 11) is -3.24. The third-order valence-corrected chi connectivity index (χ3v) is 6.78. The highest BCUT2D eigenvalue weighted by Gasteiger charge is 2.42. The molecule has 2 aromatic rings. The Morgan fingerprint density at radius 2 is 1.79 bits per heavy atom. The van der Waals surface area contributed by atoms with Gasteiger partial charge in [-0.2, -0.15) is 0 Å². The van der Waals surface area contributed by atoms with E-state index < -0.39 is 9.84 Å². The molecule has 1 saturated heterocycles. The quantitative estimate of drug-likeness (QED) is 0.830. The molecule has 0 radical (unpaired) electrons. The number of carbonyl (C=O) groups is 1. The lowest BCUT2D eigenvalue weighted by Gasteiger charge is -2.44. The zero-order chi connectivity index (χ0) is 20.5. The van der Waals surface area contributed by atoms with E-state index in [4.69, 9.17) is 9.47 Å². The molecule has 0 saturated carbocycles. The van der Waals surface area contributed by atoms with Crippen LogP contribution in [0.3, 0.4) is 0 Å². The number of carbonyl (C=O) groups excluding carboxylic acids is 1. The van der Waals surface area contributed by atoms with Crippen molar-refractivity contribution in [2.45, 2.75) is 42.2 Å². The Hall–Kier alpha value is -2.38. The van der Waals surface area contributed by atoms with Gasteiger partial charge in [0.05, 0.1) is 30.6 Å². The number of hydrogen-bond acceptors (Lipinski definition) is 5. The van der Waals surface area contributed by atoms with E-state index in [9.17, 15) is 13.2 Å². The van der Waals surface area contributed by atoms with Crippen LogP contribution >= 0.6 is 0 Å². The number of para-hydroxylation sites is 1. The minimum absolute atomic E-state index is 0.0963. The number of sulfone groups is 1. The maximum absolute atomic E-state index is 12.7. The summed E-state index contributed by atoms with van der Waals surface area (Å²) in [5.41, 5.74) is 1.46. The highest BCUT2D eigenvalue weighted by molar-refractivity contribution is 7.90. The molecule has 0 aromatic heterocycles. The highest BCUT2D eigenvalue weighted by atomic mass is 32.2. The van der Waals surface area contributed by atoms with Gasteiger partial charge in [0.1, 0.15) is 11.4 Å². The summed E-state index contributed by atoms with van der Waals surface area (Å²) >= 11 is 0. The van der Waals surface area contributed by atoms with Crippen LogP contribution in [0.15, 0.2) is 53.4 Å².